The van der Waals surface area contributed by atoms with Gasteiger partial charge in [-0.25, -0.2) is 8.78 Å². The molecule has 0 saturated carbocycles. The molecule has 0 aliphatic carbocycles. The first-order chi connectivity index (χ1) is 8.97. The highest BCUT2D eigenvalue weighted by Gasteiger charge is 2.10. The van der Waals surface area contributed by atoms with Crippen LogP contribution in [-0.4, -0.2) is 5.91 Å². The molecule has 0 saturated heterocycles. The van der Waals surface area contributed by atoms with Gasteiger partial charge in [0.25, 0.3) is 5.91 Å². The molecule has 0 aliphatic heterocycles. The zero-order chi connectivity index (χ0) is 14.0. The Bertz CT molecular complexity index is 649. The molecule has 98 valence electrons. The number of hydrogen-bond donors (Lipinski definition) is 1. The van der Waals surface area contributed by atoms with Gasteiger partial charge < -0.3 is 5.32 Å². The van der Waals surface area contributed by atoms with Crippen LogP contribution in [0.25, 0.3) is 0 Å². The van der Waals surface area contributed by atoms with Crippen molar-refractivity contribution < 1.29 is 13.6 Å². The Morgan fingerprint density at radius 2 is 1.84 bits per heavy atom. The van der Waals surface area contributed by atoms with E-state index in [-0.39, 0.29) is 5.56 Å². The van der Waals surface area contributed by atoms with Crippen LogP contribution in [0.5, 0.6) is 0 Å². The van der Waals surface area contributed by atoms with Gasteiger partial charge in [-0.2, -0.15) is 0 Å². The van der Waals surface area contributed by atoms with Gasteiger partial charge in [-0.3, -0.25) is 4.79 Å². The van der Waals surface area contributed by atoms with Crippen LogP contribution in [0.3, 0.4) is 0 Å². The minimum Gasteiger partial charge on any atom is -0.322 e. The van der Waals surface area contributed by atoms with E-state index in [2.05, 4.69) is 21.2 Å². The van der Waals surface area contributed by atoms with Crippen molar-refractivity contribution in [1.29, 1.82) is 0 Å². The molecule has 0 fully saturated rings. The summed E-state index contributed by atoms with van der Waals surface area (Å²) < 4.78 is 26.4. The minimum atomic E-state index is -1.06. The zero-order valence-corrected chi connectivity index (χ0v) is 11.7. The first-order valence-corrected chi connectivity index (χ1v) is 6.36. The van der Waals surface area contributed by atoms with E-state index in [4.69, 9.17) is 11.6 Å². The van der Waals surface area contributed by atoms with Crippen molar-refractivity contribution in [2.24, 2.45) is 0 Å². The highest BCUT2D eigenvalue weighted by Crippen LogP contribution is 2.25. The lowest BCUT2D eigenvalue weighted by atomic mass is 10.2. The molecule has 1 N–H and O–H groups in total. The van der Waals surface area contributed by atoms with Crippen molar-refractivity contribution >= 4 is 39.1 Å². The molecule has 1 amide bonds. The van der Waals surface area contributed by atoms with Gasteiger partial charge in [0.05, 0.1) is 5.02 Å². The summed E-state index contributed by atoms with van der Waals surface area (Å²) in [6.45, 7) is 0. The molecule has 0 aliphatic rings. The number of carbonyl (C=O) groups excluding carboxylic acids is 1. The monoisotopic (exact) mass is 345 g/mol. The average Bonchev–Trinajstić information content (AvgIpc) is 2.37. The van der Waals surface area contributed by atoms with Gasteiger partial charge in [0.2, 0.25) is 0 Å². The topological polar surface area (TPSA) is 29.1 Å². The number of hydrogen-bond acceptors (Lipinski definition) is 1. The number of rotatable bonds is 2. The standard InChI is InChI=1S/C13H7BrClF2NO/c14-9-6-8(2-3-10(9)15)18-13(19)7-1-4-11(16)12(17)5-7/h1-6H,(H,18,19). The third-order valence-electron chi connectivity index (χ3n) is 2.36. The molecule has 0 spiro atoms. The van der Waals surface area contributed by atoms with Crippen molar-refractivity contribution in [2.45, 2.75) is 0 Å². The number of anilines is 1. The molecule has 2 aromatic carbocycles. The van der Waals surface area contributed by atoms with Crippen LogP contribution < -0.4 is 5.32 Å². The lowest BCUT2D eigenvalue weighted by molar-refractivity contribution is 0.102. The van der Waals surface area contributed by atoms with E-state index in [0.717, 1.165) is 12.1 Å². The fourth-order valence-electron chi connectivity index (χ4n) is 1.41. The molecule has 2 rings (SSSR count). The molecule has 0 bridgehead atoms. The van der Waals surface area contributed by atoms with Gasteiger partial charge in [-0.15, -0.1) is 0 Å². The van der Waals surface area contributed by atoms with E-state index in [9.17, 15) is 13.6 Å². The molecular formula is C13H7BrClF2NO. The van der Waals surface area contributed by atoms with Crippen molar-refractivity contribution in [3.63, 3.8) is 0 Å². The minimum absolute atomic E-state index is 0.0324. The van der Waals surface area contributed by atoms with Crippen LogP contribution in [0.4, 0.5) is 14.5 Å². The van der Waals surface area contributed by atoms with Crippen LogP contribution in [0.1, 0.15) is 10.4 Å². The summed E-state index contributed by atoms with van der Waals surface area (Å²) >= 11 is 9.04. The molecule has 0 heterocycles. The molecule has 0 unspecified atom stereocenters. The summed E-state index contributed by atoms with van der Waals surface area (Å²) in [7, 11) is 0. The van der Waals surface area contributed by atoms with E-state index < -0.39 is 17.5 Å². The van der Waals surface area contributed by atoms with E-state index in [1.54, 1.807) is 18.2 Å². The highest BCUT2D eigenvalue weighted by molar-refractivity contribution is 9.10. The van der Waals surface area contributed by atoms with Gasteiger partial charge in [-0.1, -0.05) is 11.6 Å². The maximum absolute atomic E-state index is 13.0. The average molecular weight is 347 g/mol. The quantitative estimate of drug-likeness (QED) is 0.844. The summed E-state index contributed by atoms with van der Waals surface area (Å²) in [4.78, 5) is 11.8. The summed E-state index contributed by atoms with van der Waals surface area (Å²) in [6, 6.07) is 7.77. The van der Waals surface area contributed by atoms with E-state index in [1.807, 2.05) is 0 Å². The number of benzene rings is 2. The van der Waals surface area contributed by atoms with Crippen LogP contribution >= 0.6 is 27.5 Å². The molecule has 0 atom stereocenters. The van der Waals surface area contributed by atoms with Gasteiger partial charge in [0, 0.05) is 15.7 Å². The first kappa shape index (κ1) is 14.0. The highest BCUT2D eigenvalue weighted by atomic mass is 79.9. The maximum Gasteiger partial charge on any atom is 0.255 e. The molecular weight excluding hydrogens is 340 g/mol. The predicted octanol–water partition coefficient (Wildman–Crippen LogP) is 4.63. The number of nitrogens with one attached hydrogen (secondary N) is 1. The number of amides is 1. The number of halogens is 4. The Morgan fingerprint density at radius 3 is 2.47 bits per heavy atom. The van der Waals surface area contributed by atoms with Crippen LogP contribution in [0.2, 0.25) is 5.02 Å². The second-order valence-corrected chi connectivity index (χ2v) is 4.97. The molecule has 6 heteroatoms. The summed E-state index contributed by atoms with van der Waals surface area (Å²) in [6.07, 6.45) is 0. The number of carbonyl (C=O) groups is 1. The van der Waals surface area contributed by atoms with Crippen molar-refractivity contribution in [1.82, 2.24) is 0 Å². The third-order valence-corrected chi connectivity index (χ3v) is 3.57. The Labute approximate surface area is 121 Å². The SMILES string of the molecule is O=C(Nc1ccc(Cl)c(Br)c1)c1ccc(F)c(F)c1. The second kappa shape index (κ2) is 5.67. The van der Waals surface area contributed by atoms with Crippen LogP contribution in [0.15, 0.2) is 40.9 Å². The van der Waals surface area contributed by atoms with Crippen LogP contribution in [-0.2, 0) is 0 Å². The van der Waals surface area contributed by atoms with E-state index in [1.165, 1.54) is 6.07 Å². The van der Waals surface area contributed by atoms with Gasteiger partial charge >= 0.3 is 0 Å². The molecule has 2 aromatic rings. The summed E-state index contributed by atoms with van der Waals surface area (Å²) in [5.41, 5.74) is 0.524. The molecule has 2 nitrogen and oxygen atoms in total. The van der Waals surface area contributed by atoms with Crippen LogP contribution in [0, 0.1) is 11.6 Å². The fourth-order valence-corrected chi connectivity index (χ4v) is 1.91. The molecule has 0 aromatic heterocycles. The lowest BCUT2D eigenvalue weighted by Gasteiger charge is -2.06. The van der Waals surface area contributed by atoms with Crippen molar-refractivity contribution in [3.8, 4) is 0 Å². The normalized spacial score (nSPS) is 10.3. The van der Waals surface area contributed by atoms with Crippen molar-refractivity contribution in [3.05, 3.63) is 63.1 Å². The predicted molar refractivity (Wildman–Crippen MR) is 73.5 cm³/mol. The summed E-state index contributed by atoms with van der Waals surface area (Å²) in [5.74, 6) is -2.59. The Morgan fingerprint density at radius 1 is 1.11 bits per heavy atom. The lowest BCUT2D eigenvalue weighted by Crippen LogP contribution is -2.12. The zero-order valence-electron chi connectivity index (χ0n) is 9.38. The Hall–Kier alpha value is -1.46. The Kier molecular flexibility index (Phi) is 4.17. The fraction of sp³-hybridized carbons (Fsp3) is 0. The Balaban J connectivity index is 2.20. The van der Waals surface area contributed by atoms with E-state index in [0.29, 0.717) is 15.2 Å². The largest absolute Gasteiger partial charge is 0.322 e. The first-order valence-electron chi connectivity index (χ1n) is 5.19. The molecule has 19 heavy (non-hydrogen) atoms. The third kappa shape index (κ3) is 3.30. The van der Waals surface area contributed by atoms with Gasteiger partial charge in [0.1, 0.15) is 0 Å². The van der Waals surface area contributed by atoms with Gasteiger partial charge in [-0.05, 0) is 52.3 Å². The summed E-state index contributed by atoms with van der Waals surface area (Å²) in [5, 5.41) is 3.06. The van der Waals surface area contributed by atoms with Crippen molar-refractivity contribution in [2.75, 3.05) is 5.32 Å². The van der Waals surface area contributed by atoms with Gasteiger partial charge in [0.15, 0.2) is 11.6 Å². The van der Waals surface area contributed by atoms with E-state index >= 15 is 0 Å². The smallest absolute Gasteiger partial charge is 0.255 e. The second-order valence-electron chi connectivity index (χ2n) is 3.71. The maximum atomic E-state index is 13.0. The molecule has 0 radical (unpaired) electrons.